The fraction of sp³-hybridized carbons (Fsp3) is 0.529. The van der Waals surface area contributed by atoms with Crippen molar-refractivity contribution >= 4 is 20.9 Å². The maximum atomic E-state index is 11.6. The number of nitrogens with zero attached hydrogens (tertiary/aromatic N) is 1. The minimum absolute atomic E-state index is 0.127. The number of sulfonamides is 1. The van der Waals surface area contributed by atoms with E-state index >= 15 is 0 Å². The average Bonchev–Trinajstić information content (AvgIpc) is 3.12. The topological polar surface area (TPSA) is 65.2 Å². The first-order chi connectivity index (χ1) is 11.0. The van der Waals surface area contributed by atoms with Gasteiger partial charge in [0.05, 0.1) is 5.75 Å². The van der Waals surface area contributed by atoms with Crippen LogP contribution in [0.15, 0.2) is 24.4 Å². The van der Waals surface area contributed by atoms with Crippen LogP contribution in [0.4, 0.5) is 0 Å². The third-order valence-electron chi connectivity index (χ3n) is 4.80. The zero-order valence-electron chi connectivity index (χ0n) is 13.8. The van der Waals surface area contributed by atoms with Crippen LogP contribution in [0.2, 0.25) is 0 Å². The van der Waals surface area contributed by atoms with Gasteiger partial charge in [0, 0.05) is 23.6 Å². The van der Waals surface area contributed by atoms with Gasteiger partial charge in [-0.05, 0) is 69.1 Å². The van der Waals surface area contributed by atoms with Gasteiger partial charge in [-0.1, -0.05) is 6.07 Å². The van der Waals surface area contributed by atoms with E-state index in [0.717, 1.165) is 24.0 Å². The lowest BCUT2D eigenvalue weighted by Gasteiger charge is -2.10. The van der Waals surface area contributed by atoms with Crippen LogP contribution in [0.3, 0.4) is 0 Å². The molecule has 0 radical (unpaired) electrons. The van der Waals surface area contributed by atoms with Gasteiger partial charge in [-0.3, -0.25) is 0 Å². The molecule has 1 aromatic carbocycles. The van der Waals surface area contributed by atoms with Crippen molar-refractivity contribution < 1.29 is 8.42 Å². The highest BCUT2D eigenvalue weighted by atomic mass is 32.2. The highest BCUT2D eigenvalue weighted by molar-refractivity contribution is 7.89. The summed E-state index contributed by atoms with van der Waals surface area (Å²) in [5, 5.41) is 1.24. The van der Waals surface area contributed by atoms with Crippen LogP contribution >= 0.6 is 0 Å². The average molecular weight is 335 g/mol. The maximum Gasteiger partial charge on any atom is 0.211 e. The van der Waals surface area contributed by atoms with E-state index in [0.29, 0.717) is 12.3 Å². The number of aryl methyl sites for hydroxylation is 1. The van der Waals surface area contributed by atoms with E-state index in [1.807, 2.05) is 6.07 Å². The molecule has 2 N–H and O–H groups in total. The number of likely N-dealkylation sites (tertiary alicyclic amines) is 1. The van der Waals surface area contributed by atoms with Gasteiger partial charge in [0.25, 0.3) is 0 Å². The molecule has 5 nitrogen and oxygen atoms in total. The van der Waals surface area contributed by atoms with Gasteiger partial charge in [-0.25, -0.2) is 13.1 Å². The quantitative estimate of drug-likeness (QED) is 0.845. The number of aromatic amines is 1. The molecule has 3 rings (SSSR count). The molecule has 1 atom stereocenters. The normalized spacial score (nSPS) is 19.7. The van der Waals surface area contributed by atoms with Gasteiger partial charge in [0.15, 0.2) is 0 Å². The Morgan fingerprint density at radius 3 is 2.91 bits per heavy atom. The Labute approximate surface area is 138 Å². The Morgan fingerprint density at radius 2 is 2.22 bits per heavy atom. The fourth-order valence-corrected chi connectivity index (χ4v) is 4.12. The lowest BCUT2D eigenvalue weighted by Crippen LogP contribution is -2.23. The lowest BCUT2D eigenvalue weighted by atomic mass is 9.97. The highest BCUT2D eigenvalue weighted by Gasteiger charge is 2.20. The van der Waals surface area contributed by atoms with Gasteiger partial charge in [0.2, 0.25) is 10.0 Å². The van der Waals surface area contributed by atoms with Crippen LogP contribution in [0, 0.1) is 5.92 Å². The minimum atomic E-state index is -3.16. The molecule has 6 heteroatoms. The number of hydrogen-bond acceptors (Lipinski definition) is 3. The molecule has 0 spiro atoms. The predicted molar refractivity (Wildman–Crippen MR) is 94.2 cm³/mol. The van der Waals surface area contributed by atoms with E-state index < -0.39 is 10.0 Å². The van der Waals surface area contributed by atoms with Crippen molar-refractivity contribution in [3.8, 4) is 0 Å². The van der Waals surface area contributed by atoms with Crippen LogP contribution in [0.5, 0.6) is 0 Å². The SMILES string of the molecule is CNS(=O)(=O)CCc1ccc2[nH]cc(CC3CCN(C)C3)c2c1. The summed E-state index contributed by atoms with van der Waals surface area (Å²) in [5.41, 5.74) is 3.55. The zero-order chi connectivity index (χ0) is 16.4. The van der Waals surface area contributed by atoms with Crippen LogP contribution in [0.1, 0.15) is 17.5 Å². The van der Waals surface area contributed by atoms with Crippen LogP contribution in [0.25, 0.3) is 10.9 Å². The predicted octanol–water partition coefficient (Wildman–Crippen LogP) is 1.75. The lowest BCUT2D eigenvalue weighted by molar-refractivity contribution is 0.394. The maximum absolute atomic E-state index is 11.6. The van der Waals surface area contributed by atoms with Gasteiger partial charge in [-0.15, -0.1) is 0 Å². The Kier molecular flexibility index (Phi) is 4.75. The summed E-state index contributed by atoms with van der Waals surface area (Å²) in [7, 11) is 0.480. The Hall–Kier alpha value is -1.37. The van der Waals surface area contributed by atoms with Crippen LogP contribution in [-0.2, 0) is 22.9 Å². The summed E-state index contributed by atoms with van der Waals surface area (Å²) in [4.78, 5) is 5.72. The van der Waals surface area contributed by atoms with Crippen molar-refractivity contribution in [2.75, 3.05) is 32.9 Å². The van der Waals surface area contributed by atoms with Crippen LogP contribution < -0.4 is 4.72 Å². The second-order valence-corrected chi connectivity index (χ2v) is 8.63. The highest BCUT2D eigenvalue weighted by Crippen LogP contribution is 2.26. The largest absolute Gasteiger partial charge is 0.361 e. The molecule has 0 bridgehead atoms. The Morgan fingerprint density at radius 1 is 1.39 bits per heavy atom. The van der Waals surface area contributed by atoms with Gasteiger partial charge >= 0.3 is 0 Å². The van der Waals surface area contributed by atoms with E-state index in [-0.39, 0.29) is 5.75 Å². The molecule has 1 fully saturated rings. The molecule has 23 heavy (non-hydrogen) atoms. The third-order valence-corrected chi connectivity index (χ3v) is 6.16. The summed E-state index contributed by atoms with van der Waals surface area (Å²) >= 11 is 0. The first kappa shape index (κ1) is 16.5. The molecule has 1 aliphatic rings. The number of hydrogen-bond donors (Lipinski definition) is 2. The monoisotopic (exact) mass is 335 g/mol. The van der Waals surface area contributed by atoms with Crippen molar-refractivity contribution in [1.82, 2.24) is 14.6 Å². The molecule has 1 aromatic heterocycles. The summed E-state index contributed by atoms with van der Waals surface area (Å²) in [6.07, 6.45) is 4.99. The first-order valence-electron chi connectivity index (χ1n) is 8.15. The summed E-state index contributed by atoms with van der Waals surface area (Å²) in [5.74, 6) is 0.842. The van der Waals surface area contributed by atoms with E-state index in [1.54, 1.807) is 0 Å². The van der Waals surface area contributed by atoms with Crippen molar-refractivity contribution in [2.24, 2.45) is 5.92 Å². The van der Waals surface area contributed by atoms with E-state index in [2.05, 4.69) is 40.0 Å². The molecule has 1 saturated heterocycles. The van der Waals surface area contributed by atoms with Crippen molar-refractivity contribution in [2.45, 2.75) is 19.3 Å². The molecule has 1 unspecified atom stereocenters. The molecular weight excluding hydrogens is 310 g/mol. The molecule has 1 aliphatic heterocycles. The van der Waals surface area contributed by atoms with Crippen molar-refractivity contribution in [1.29, 1.82) is 0 Å². The standard InChI is InChI=1S/C17H25N3O2S/c1-18-23(21,22)8-6-13-3-4-17-16(10-13)15(11-19-17)9-14-5-7-20(2)12-14/h3-4,10-11,14,18-19H,5-9,12H2,1-2H3. The van der Waals surface area contributed by atoms with E-state index in [1.165, 1.54) is 31.0 Å². The van der Waals surface area contributed by atoms with Crippen LogP contribution in [-0.4, -0.2) is 51.2 Å². The summed E-state index contributed by atoms with van der Waals surface area (Å²) < 4.78 is 25.6. The number of aromatic nitrogens is 1. The number of fused-ring (bicyclic) bond motifs is 1. The zero-order valence-corrected chi connectivity index (χ0v) is 14.6. The number of H-pyrrole nitrogens is 1. The second-order valence-electron chi connectivity index (χ2n) is 6.59. The van der Waals surface area contributed by atoms with E-state index in [9.17, 15) is 8.42 Å². The van der Waals surface area contributed by atoms with Crippen molar-refractivity contribution in [3.63, 3.8) is 0 Å². The van der Waals surface area contributed by atoms with E-state index in [4.69, 9.17) is 0 Å². The second kappa shape index (κ2) is 6.63. The molecule has 126 valence electrons. The molecule has 0 aliphatic carbocycles. The molecule has 0 amide bonds. The fourth-order valence-electron chi connectivity index (χ4n) is 3.41. The molecule has 0 saturated carbocycles. The number of benzene rings is 1. The number of nitrogens with one attached hydrogen (secondary N) is 2. The molecular formula is C17H25N3O2S. The Bertz CT molecular complexity index is 782. The molecule has 2 aromatic rings. The number of rotatable bonds is 6. The third kappa shape index (κ3) is 3.94. The van der Waals surface area contributed by atoms with Gasteiger partial charge < -0.3 is 9.88 Å². The first-order valence-corrected chi connectivity index (χ1v) is 9.81. The Balaban J connectivity index is 1.77. The van der Waals surface area contributed by atoms with Gasteiger partial charge in [-0.2, -0.15) is 0 Å². The summed E-state index contributed by atoms with van der Waals surface area (Å²) in [6.45, 7) is 2.34. The van der Waals surface area contributed by atoms with Gasteiger partial charge in [0.1, 0.15) is 0 Å². The summed E-state index contributed by atoms with van der Waals surface area (Å²) in [6, 6.07) is 6.21. The molecule has 2 heterocycles. The van der Waals surface area contributed by atoms with Crippen molar-refractivity contribution in [3.05, 3.63) is 35.5 Å². The smallest absolute Gasteiger partial charge is 0.211 e. The minimum Gasteiger partial charge on any atom is -0.361 e.